The Labute approximate surface area is 295 Å². The monoisotopic (exact) mass is 753 g/mol. The number of aromatic nitrogens is 2. The van der Waals surface area contributed by atoms with E-state index in [2.05, 4.69) is 29.4 Å². The first-order chi connectivity index (χ1) is 24.1. The van der Waals surface area contributed by atoms with Gasteiger partial charge in [-0.25, -0.2) is 17.6 Å². The van der Waals surface area contributed by atoms with Gasteiger partial charge in [-0.2, -0.15) is 30.0 Å². The number of ether oxygens (including phenoxy) is 2. The van der Waals surface area contributed by atoms with Gasteiger partial charge in [0, 0.05) is 12.4 Å². The normalized spacial score (nSPS) is 14.4. The van der Waals surface area contributed by atoms with Gasteiger partial charge in [-0.05, 0) is 35.5 Å². The summed E-state index contributed by atoms with van der Waals surface area (Å²) in [4.78, 5) is 15.8. The van der Waals surface area contributed by atoms with E-state index >= 15 is 0 Å². The molecule has 0 bridgehead atoms. The quantitative estimate of drug-likeness (QED) is 0.0825. The summed E-state index contributed by atoms with van der Waals surface area (Å²) in [6.07, 6.45) is 21.3. The molecule has 0 unspecified atom stereocenters. The predicted molar refractivity (Wildman–Crippen MR) is 168 cm³/mol. The van der Waals surface area contributed by atoms with Gasteiger partial charge in [0.2, 0.25) is 23.3 Å². The SMILES string of the molecule is C#CCOc1c(F)c(F)c(C(=C2C=CC=N2)c2ccc[n-]2)c(F)c1F.C#CCOc1c(F)c(F)c(C(=C2C=CC=N2)c2ccc[n-]2)c(F)c1F.[Cu+2]. The van der Waals surface area contributed by atoms with E-state index < -0.39 is 82.4 Å². The molecule has 0 saturated heterocycles. The number of aliphatic imine (C=N–C) groups is 2. The van der Waals surface area contributed by atoms with Crippen LogP contribution < -0.4 is 19.4 Å². The molecular weight excluding hydrogens is 736 g/mol. The van der Waals surface area contributed by atoms with E-state index in [0.717, 1.165) is 0 Å². The predicted octanol–water partition coefficient (Wildman–Crippen LogP) is 7.22. The van der Waals surface area contributed by atoms with Crippen LogP contribution >= 0.6 is 0 Å². The number of rotatable bonds is 8. The summed E-state index contributed by atoms with van der Waals surface area (Å²) in [5, 5.41) is 0. The minimum absolute atomic E-state index is 0. The van der Waals surface area contributed by atoms with E-state index in [1.165, 1.54) is 73.4 Å². The van der Waals surface area contributed by atoms with Gasteiger partial charge in [-0.1, -0.05) is 36.1 Å². The van der Waals surface area contributed by atoms with Gasteiger partial charge in [0.25, 0.3) is 0 Å². The summed E-state index contributed by atoms with van der Waals surface area (Å²) in [5.41, 5.74) is -1.71. The van der Waals surface area contributed by atoms with Crippen molar-refractivity contribution in [1.29, 1.82) is 0 Å². The summed E-state index contributed by atoms with van der Waals surface area (Å²) < 4.78 is 124. The Balaban J connectivity index is 0.000000224. The minimum Gasteiger partial charge on any atom is -0.664 e. The number of hydrogen-bond acceptors (Lipinski definition) is 4. The number of terminal acetylenes is 2. The molecule has 0 fully saturated rings. The Morgan fingerprint density at radius 3 is 1.20 bits per heavy atom. The molecule has 0 atom stereocenters. The first-order valence-corrected chi connectivity index (χ1v) is 14.0. The second kappa shape index (κ2) is 16.6. The molecule has 15 heteroatoms. The molecule has 6 nitrogen and oxygen atoms in total. The van der Waals surface area contributed by atoms with Crippen LogP contribution in [0.2, 0.25) is 0 Å². The van der Waals surface area contributed by atoms with E-state index in [4.69, 9.17) is 12.8 Å². The molecule has 0 N–H and O–H groups in total. The molecule has 2 aliphatic rings. The number of benzene rings is 2. The Morgan fingerprint density at radius 2 is 0.941 bits per heavy atom. The number of halogens is 8. The number of allylic oxidation sites excluding steroid dienone is 4. The Morgan fingerprint density at radius 1 is 0.588 bits per heavy atom. The molecule has 6 rings (SSSR count). The van der Waals surface area contributed by atoms with Gasteiger partial charge in [-0.15, -0.1) is 24.2 Å². The Hall–Kier alpha value is -6.02. The van der Waals surface area contributed by atoms with Crippen LogP contribution in [-0.4, -0.2) is 25.6 Å². The second-order valence-electron chi connectivity index (χ2n) is 9.75. The molecule has 2 aromatic carbocycles. The first-order valence-electron chi connectivity index (χ1n) is 14.0. The van der Waals surface area contributed by atoms with Crippen molar-refractivity contribution in [3.8, 4) is 36.2 Å². The van der Waals surface area contributed by atoms with Crippen molar-refractivity contribution in [1.82, 2.24) is 9.97 Å². The average molecular weight is 754 g/mol. The van der Waals surface area contributed by atoms with Crippen molar-refractivity contribution in [2.24, 2.45) is 9.98 Å². The third-order valence-corrected chi connectivity index (χ3v) is 6.79. The molecule has 2 aliphatic heterocycles. The summed E-state index contributed by atoms with van der Waals surface area (Å²) in [7, 11) is 0. The van der Waals surface area contributed by atoms with Crippen LogP contribution in [0, 0.1) is 71.2 Å². The topological polar surface area (TPSA) is 71.4 Å². The molecular formula is C36H18CuF8N4O2. The van der Waals surface area contributed by atoms with Crippen molar-refractivity contribution in [2.75, 3.05) is 13.2 Å². The van der Waals surface area contributed by atoms with E-state index in [-0.39, 0.29) is 51.0 Å². The third-order valence-electron chi connectivity index (χ3n) is 6.79. The van der Waals surface area contributed by atoms with Crippen LogP contribution in [-0.2, 0) is 17.1 Å². The van der Waals surface area contributed by atoms with Crippen LogP contribution in [0.25, 0.3) is 11.1 Å². The second-order valence-corrected chi connectivity index (χ2v) is 9.75. The van der Waals surface area contributed by atoms with E-state index in [1.54, 1.807) is 0 Å². The molecule has 0 spiro atoms. The fourth-order valence-corrected chi connectivity index (χ4v) is 4.71. The zero-order chi connectivity index (χ0) is 35.9. The van der Waals surface area contributed by atoms with Crippen molar-refractivity contribution < 1.29 is 61.7 Å². The maximum Gasteiger partial charge on any atom is 2.00 e. The molecule has 1 radical (unpaired) electrons. The van der Waals surface area contributed by atoms with Gasteiger partial charge in [0.1, 0.15) is 13.2 Å². The largest absolute Gasteiger partial charge is 2.00 e. The molecule has 2 aromatic heterocycles. The van der Waals surface area contributed by atoms with E-state index in [1.807, 2.05) is 11.8 Å². The third kappa shape index (κ3) is 7.45. The van der Waals surface area contributed by atoms with Gasteiger partial charge in [-0.3, -0.25) is 9.98 Å². The zero-order valence-electron chi connectivity index (χ0n) is 25.4. The van der Waals surface area contributed by atoms with Gasteiger partial charge >= 0.3 is 17.1 Å². The van der Waals surface area contributed by atoms with E-state index in [9.17, 15) is 35.1 Å². The summed E-state index contributed by atoms with van der Waals surface area (Å²) in [6, 6.07) is 5.93. The van der Waals surface area contributed by atoms with Crippen LogP contribution in [0.3, 0.4) is 0 Å². The van der Waals surface area contributed by atoms with Gasteiger partial charge in [0.05, 0.1) is 22.5 Å². The Kier molecular flexibility index (Phi) is 12.3. The fraction of sp³-hybridized carbons (Fsp3) is 0.0556. The number of hydrogen-bond donors (Lipinski definition) is 0. The molecule has 0 aliphatic carbocycles. The zero-order valence-corrected chi connectivity index (χ0v) is 26.4. The van der Waals surface area contributed by atoms with Crippen LogP contribution in [0.5, 0.6) is 11.5 Å². The summed E-state index contributed by atoms with van der Waals surface area (Å²) in [5.74, 6) is -11.7. The Bertz CT molecular complexity index is 1980. The van der Waals surface area contributed by atoms with Crippen LogP contribution in [0.4, 0.5) is 35.1 Å². The van der Waals surface area contributed by atoms with Crippen molar-refractivity contribution >= 4 is 23.6 Å². The smallest absolute Gasteiger partial charge is 0.664 e. The van der Waals surface area contributed by atoms with Gasteiger partial charge < -0.3 is 19.4 Å². The van der Waals surface area contributed by atoms with E-state index in [0.29, 0.717) is 0 Å². The maximum atomic E-state index is 14.6. The van der Waals surface area contributed by atoms with Crippen molar-refractivity contribution in [3.63, 3.8) is 0 Å². The van der Waals surface area contributed by atoms with Gasteiger partial charge in [0.15, 0.2) is 34.8 Å². The first kappa shape index (κ1) is 37.8. The van der Waals surface area contributed by atoms with Crippen molar-refractivity contribution in [3.05, 3.63) is 141 Å². The summed E-state index contributed by atoms with van der Waals surface area (Å²) in [6.45, 7) is -1.09. The fourth-order valence-electron chi connectivity index (χ4n) is 4.71. The average Bonchev–Trinajstić information content (AvgIpc) is 3.96. The van der Waals surface area contributed by atoms with Crippen molar-refractivity contribution in [2.45, 2.75) is 0 Å². The standard InChI is InChI=1S/2C18H9F4N2O.Cu/c2*1-2-9-25-18-16(21)14(19)13(15(20)17(18)22)12(10-5-3-7-23-10)11-6-4-8-24-11;/h2*1,3-8H,9H2;/q2*-1;+2. The number of nitrogens with zero attached hydrogens (tertiary/aromatic N) is 4. The maximum absolute atomic E-state index is 14.6. The molecule has 51 heavy (non-hydrogen) atoms. The molecule has 0 saturated carbocycles. The van der Waals surface area contributed by atoms with Crippen LogP contribution in [0.15, 0.2) is 82.3 Å². The molecule has 4 heterocycles. The minimum atomic E-state index is -1.68. The molecule has 0 amide bonds. The molecule has 261 valence electrons. The molecule has 4 aromatic rings. The van der Waals surface area contributed by atoms with Crippen LogP contribution in [0.1, 0.15) is 22.5 Å². The summed E-state index contributed by atoms with van der Waals surface area (Å²) >= 11 is 0.